The van der Waals surface area contributed by atoms with Crippen LogP contribution in [-0.4, -0.2) is 21.1 Å². The Balaban J connectivity index is 1.40. The molecule has 172 valence electrons. The first-order chi connectivity index (χ1) is 15.1. The van der Waals surface area contributed by atoms with Gasteiger partial charge in [-0.25, -0.2) is 4.79 Å². The Kier molecular flexibility index (Phi) is 4.99. The van der Waals surface area contributed by atoms with Crippen LogP contribution in [0, 0.1) is 41.4 Å². The van der Waals surface area contributed by atoms with Crippen molar-refractivity contribution >= 4 is 11.6 Å². The maximum atomic E-state index is 13.4. The summed E-state index contributed by atoms with van der Waals surface area (Å²) in [5.41, 5.74) is 0.977. The van der Waals surface area contributed by atoms with E-state index >= 15 is 0 Å². The molecule has 4 aliphatic carbocycles. The van der Waals surface area contributed by atoms with E-state index < -0.39 is 5.69 Å². The van der Waals surface area contributed by atoms with Crippen molar-refractivity contribution in [3.63, 3.8) is 0 Å². The minimum atomic E-state index is -0.510. The van der Waals surface area contributed by atoms with Gasteiger partial charge in [-0.1, -0.05) is 19.4 Å². The topological polar surface area (TPSA) is 89.0 Å². The third-order valence-electron chi connectivity index (χ3n) is 9.90. The van der Waals surface area contributed by atoms with Crippen molar-refractivity contribution in [2.24, 2.45) is 34.5 Å². The molecule has 1 heterocycles. The molecule has 1 aromatic rings. The number of ketones is 2. The Labute approximate surface area is 188 Å². The molecule has 3 fully saturated rings. The van der Waals surface area contributed by atoms with Gasteiger partial charge in [0.2, 0.25) is 0 Å². The Bertz CT molecular complexity index is 1130. The van der Waals surface area contributed by atoms with Crippen LogP contribution in [0.1, 0.15) is 70.8 Å². The molecule has 0 saturated heterocycles. The summed E-state index contributed by atoms with van der Waals surface area (Å²) in [6.45, 7) is 6.17. The SMILES string of the molecule is Cc1c[nH]c(=O)n(CC(=O)C2CCC3C4CCC5=CC(=O)CCC5(C)C4CCC23C)c1=O. The highest BCUT2D eigenvalue weighted by Crippen LogP contribution is 2.66. The number of aromatic nitrogens is 2. The molecule has 0 amide bonds. The number of nitrogens with zero attached hydrogens (tertiary/aromatic N) is 1. The van der Waals surface area contributed by atoms with Gasteiger partial charge in [0.1, 0.15) is 0 Å². The zero-order chi connectivity index (χ0) is 22.8. The maximum absolute atomic E-state index is 13.4. The van der Waals surface area contributed by atoms with E-state index in [1.54, 1.807) is 6.92 Å². The predicted octanol–water partition coefficient (Wildman–Crippen LogP) is 3.56. The monoisotopic (exact) mass is 438 g/mol. The Morgan fingerprint density at radius 3 is 2.62 bits per heavy atom. The number of carbonyl (C=O) groups excluding carboxylic acids is 2. The number of nitrogens with one attached hydrogen (secondary N) is 1. The minimum Gasteiger partial charge on any atom is -0.314 e. The minimum absolute atomic E-state index is 0.0255. The lowest BCUT2D eigenvalue weighted by atomic mass is 9.46. The number of carbonyl (C=O) groups is 2. The van der Waals surface area contributed by atoms with E-state index in [4.69, 9.17) is 0 Å². The summed E-state index contributed by atoms with van der Waals surface area (Å²) in [6.07, 6.45) is 11.1. The largest absolute Gasteiger partial charge is 0.328 e. The lowest BCUT2D eigenvalue weighted by Gasteiger charge is -2.58. The average molecular weight is 439 g/mol. The molecule has 5 rings (SSSR count). The van der Waals surface area contributed by atoms with Crippen molar-refractivity contribution in [3.05, 3.63) is 44.2 Å². The van der Waals surface area contributed by atoms with Gasteiger partial charge >= 0.3 is 5.69 Å². The van der Waals surface area contributed by atoms with Crippen LogP contribution in [-0.2, 0) is 16.1 Å². The zero-order valence-electron chi connectivity index (χ0n) is 19.4. The predicted molar refractivity (Wildman–Crippen MR) is 121 cm³/mol. The molecule has 0 spiro atoms. The van der Waals surface area contributed by atoms with Crippen molar-refractivity contribution in [1.82, 2.24) is 9.55 Å². The fourth-order valence-electron chi connectivity index (χ4n) is 8.11. The number of allylic oxidation sites excluding steroid dienone is 1. The van der Waals surface area contributed by atoms with Crippen LogP contribution in [0.4, 0.5) is 0 Å². The van der Waals surface area contributed by atoms with Crippen LogP contribution in [0.15, 0.2) is 27.4 Å². The highest BCUT2D eigenvalue weighted by molar-refractivity contribution is 5.91. The normalized spacial score (nSPS) is 38.5. The van der Waals surface area contributed by atoms with Gasteiger partial charge in [-0.2, -0.15) is 0 Å². The molecule has 0 aliphatic heterocycles. The smallest absolute Gasteiger partial charge is 0.314 e. The first-order valence-corrected chi connectivity index (χ1v) is 12.2. The molecule has 32 heavy (non-hydrogen) atoms. The Hall–Kier alpha value is -2.24. The van der Waals surface area contributed by atoms with Gasteiger partial charge in [0.05, 0.1) is 6.54 Å². The lowest BCUT2D eigenvalue weighted by molar-refractivity contribution is -0.131. The van der Waals surface area contributed by atoms with Crippen LogP contribution in [0.2, 0.25) is 0 Å². The molecule has 3 saturated carbocycles. The maximum Gasteiger partial charge on any atom is 0.328 e. The van der Waals surface area contributed by atoms with Gasteiger partial charge in [0.25, 0.3) is 5.56 Å². The number of H-pyrrole nitrogens is 1. The van der Waals surface area contributed by atoms with Crippen molar-refractivity contribution in [3.8, 4) is 0 Å². The van der Waals surface area contributed by atoms with E-state index in [0.717, 1.165) is 49.5 Å². The van der Waals surface area contributed by atoms with Crippen molar-refractivity contribution in [1.29, 1.82) is 0 Å². The third-order valence-corrected chi connectivity index (χ3v) is 9.90. The molecule has 1 aromatic heterocycles. The van der Waals surface area contributed by atoms with E-state index in [2.05, 4.69) is 18.8 Å². The summed E-state index contributed by atoms with van der Waals surface area (Å²) in [5, 5.41) is 0. The summed E-state index contributed by atoms with van der Waals surface area (Å²) < 4.78 is 1.07. The first-order valence-electron chi connectivity index (χ1n) is 12.2. The molecular formula is C26H34N2O4. The molecule has 6 unspecified atom stereocenters. The molecule has 1 N–H and O–H groups in total. The molecule has 0 aromatic carbocycles. The summed E-state index contributed by atoms with van der Waals surface area (Å²) in [5.74, 6) is 1.88. The van der Waals surface area contributed by atoms with Crippen molar-refractivity contribution < 1.29 is 9.59 Å². The quantitative estimate of drug-likeness (QED) is 0.781. The summed E-state index contributed by atoms with van der Waals surface area (Å²) >= 11 is 0. The van der Waals surface area contributed by atoms with Crippen LogP contribution in [0.3, 0.4) is 0 Å². The van der Waals surface area contributed by atoms with E-state index in [9.17, 15) is 19.2 Å². The fraction of sp³-hybridized carbons (Fsp3) is 0.692. The van der Waals surface area contributed by atoms with E-state index in [-0.39, 0.29) is 40.4 Å². The standard InChI is InChI=1S/C26H34N2O4/c1-15-13-27-24(32)28(23(15)31)14-22(30)21-7-6-19-18-5-4-16-12-17(29)8-10-25(16,2)20(18)9-11-26(19,21)3/h12-13,18-21H,4-11,14H2,1-3H3,(H,27,32). The van der Waals surface area contributed by atoms with Crippen LogP contribution in [0.5, 0.6) is 0 Å². The van der Waals surface area contributed by atoms with E-state index in [0.29, 0.717) is 29.7 Å². The molecule has 6 heteroatoms. The average Bonchev–Trinajstić information content (AvgIpc) is 3.11. The highest BCUT2D eigenvalue weighted by Gasteiger charge is 2.60. The molecule has 4 aliphatic rings. The number of rotatable bonds is 3. The molecule has 6 nitrogen and oxygen atoms in total. The number of hydrogen-bond donors (Lipinski definition) is 1. The second kappa shape index (κ2) is 7.39. The Morgan fingerprint density at radius 1 is 1.06 bits per heavy atom. The van der Waals surface area contributed by atoms with Crippen LogP contribution < -0.4 is 11.2 Å². The first kappa shape index (κ1) is 21.6. The molecular weight excluding hydrogens is 404 g/mol. The molecule has 6 atom stereocenters. The number of aryl methyl sites for hydroxylation is 1. The third kappa shape index (κ3) is 3.05. The van der Waals surface area contributed by atoms with E-state index in [1.165, 1.54) is 11.8 Å². The fourth-order valence-corrected chi connectivity index (χ4v) is 8.11. The second-order valence-electron chi connectivity index (χ2n) is 11.3. The van der Waals surface area contributed by atoms with Gasteiger partial charge in [-0.3, -0.25) is 19.0 Å². The summed E-state index contributed by atoms with van der Waals surface area (Å²) in [6, 6.07) is 0. The lowest BCUT2D eigenvalue weighted by Crippen LogP contribution is -2.51. The van der Waals surface area contributed by atoms with Crippen molar-refractivity contribution in [2.45, 2.75) is 78.7 Å². The summed E-state index contributed by atoms with van der Waals surface area (Å²) in [7, 11) is 0. The van der Waals surface area contributed by atoms with Gasteiger partial charge in [0, 0.05) is 24.1 Å². The van der Waals surface area contributed by atoms with Crippen molar-refractivity contribution in [2.75, 3.05) is 0 Å². The molecule has 0 radical (unpaired) electrons. The van der Waals surface area contributed by atoms with E-state index in [1.807, 2.05) is 6.08 Å². The summed E-state index contributed by atoms with van der Waals surface area (Å²) in [4.78, 5) is 52.7. The van der Waals surface area contributed by atoms with Gasteiger partial charge in [0.15, 0.2) is 11.6 Å². The van der Waals surface area contributed by atoms with Gasteiger partial charge in [-0.15, -0.1) is 0 Å². The number of hydrogen-bond acceptors (Lipinski definition) is 4. The van der Waals surface area contributed by atoms with Crippen LogP contribution >= 0.6 is 0 Å². The zero-order valence-corrected chi connectivity index (χ0v) is 19.4. The Morgan fingerprint density at radius 2 is 1.84 bits per heavy atom. The van der Waals surface area contributed by atoms with Gasteiger partial charge < -0.3 is 4.98 Å². The number of fused-ring (bicyclic) bond motifs is 5. The van der Waals surface area contributed by atoms with Crippen LogP contribution in [0.25, 0.3) is 0 Å². The second-order valence-corrected chi connectivity index (χ2v) is 11.3. The van der Waals surface area contributed by atoms with Gasteiger partial charge in [-0.05, 0) is 86.5 Å². The number of Topliss-reactive ketones (excluding diaryl/α,β-unsaturated/α-hetero) is 1. The highest BCUT2D eigenvalue weighted by atomic mass is 16.2. The molecule has 0 bridgehead atoms. The number of aromatic amines is 1.